The monoisotopic (exact) mass is 381 g/mol. The predicted octanol–water partition coefficient (Wildman–Crippen LogP) is 3.44. The number of nitrogens with one attached hydrogen (secondary N) is 1. The maximum absolute atomic E-state index is 13.6. The molecule has 0 aliphatic heterocycles. The van der Waals surface area contributed by atoms with Crippen LogP contribution in [0.15, 0.2) is 23.1 Å². The van der Waals surface area contributed by atoms with Gasteiger partial charge in [0.05, 0.1) is 0 Å². The summed E-state index contributed by atoms with van der Waals surface area (Å²) in [6.07, 6.45) is 4.28. The van der Waals surface area contributed by atoms with Crippen molar-refractivity contribution in [2.75, 3.05) is 11.9 Å². The second-order valence-corrected chi connectivity index (χ2v) is 7.77. The standard InChI is InChI=1S/C14H18BrF2NO2S/c15-8-10-3-1-2-4-11(10)9-18-21(19,20)14-6-5-12(16)7-13(14)17/h5-7,10-11,18H,1-4,8-9H2. The summed E-state index contributed by atoms with van der Waals surface area (Å²) in [5.41, 5.74) is 0. The summed E-state index contributed by atoms with van der Waals surface area (Å²) in [5.74, 6) is -1.18. The lowest BCUT2D eigenvalue weighted by Gasteiger charge is -2.30. The number of hydrogen-bond donors (Lipinski definition) is 1. The van der Waals surface area contributed by atoms with Gasteiger partial charge in [-0.2, -0.15) is 0 Å². The molecule has 0 radical (unpaired) electrons. The molecule has 0 spiro atoms. The molecule has 0 aromatic heterocycles. The molecule has 1 aliphatic carbocycles. The molecule has 1 N–H and O–H groups in total. The van der Waals surface area contributed by atoms with Crippen LogP contribution in [0.25, 0.3) is 0 Å². The maximum Gasteiger partial charge on any atom is 0.243 e. The summed E-state index contributed by atoms with van der Waals surface area (Å²) in [5, 5.41) is 0.838. The van der Waals surface area contributed by atoms with Gasteiger partial charge in [0.25, 0.3) is 0 Å². The third-order valence-electron chi connectivity index (χ3n) is 3.98. The lowest BCUT2D eigenvalue weighted by Crippen LogP contribution is -2.35. The fourth-order valence-electron chi connectivity index (χ4n) is 2.74. The summed E-state index contributed by atoms with van der Waals surface area (Å²) in [6, 6.07) is 2.48. The average molecular weight is 382 g/mol. The Balaban J connectivity index is 2.07. The highest BCUT2D eigenvalue weighted by Gasteiger charge is 2.27. The topological polar surface area (TPSA) is 46.2 Å². The minimum atomic E-state index is -3.95. The third-order valence-corrected chi connectivity index (χ3v) is 6.27. The van der Waals surface area contributed by atoms with Crippen LogP contribution in [0.1, 0.15) is 25.7 Å². The van der Waals surface area contributed by atoms with Crippen molar-refractivity contribution in [2.45, 2.75) is 30.6 Å². The Morgan fingerprint density at radius 3 is 2.48 bits per heavy atom. The van der Waals surface area contributed by atoms with E-state index in [0.29, 0.717) is 12.0 Å². The van der Waals surface area contributed by atoms with E-state index in [1.807, 2.05) is 0 Å². The van der Waals surface area contributed by atoms with Gasteiger partial charge in [0.1, 0.15) is 16.5 Å². The van der Waals surface area contributed by atoms with Crippen LogP contribution in [0.5, 0.6) is 0 Å². The molecule has 21 heavy (non-hydrogen) atoms. The zero-order chi connectivity index (χ0) is 15.5. The third kappa shape index (κ3) is 4.23. The SMILES string of the molecule is O=S(=O)(NCC1CCCCC1CBr)c1ccc(F)cc1F. The number of halogens is 3. The summed E-state index contributed by atoms with van der Waals surface area (Å²) >= 11 is 3.46. The molecule has 7 heteroatoms. The Labute approximate surface area is 132 Å². The fraction of sp³-hybridized carbons (Fsp3) is 0.571. The first-order chi connectivity index (χ1) is 9.94. The second kappa shape index (κ2) is 7.15. The van der Waals surface area contributed by atoms with E-state index < -0.39 is 26.6 Å². The van der Waals surface area contributed by atoms with Crippen LogP contribution in [0.2, 0.25) is 0 Å². The first kappa shape index (κ1) is 16.8. The summed E-state index contributed by atoms with van der Waals surface area (Å²) in [4.78, 5) is -0.505. The molecule has 0 amide bonds. The summed E-state index contributed by atoms with van der Waals surface area (Å²) in [6.45, 7) is 0.287. The molecule has 0 bridgehead atoms. The Morgan fingerprint density at radius 1 is 1.19 bits per heavy atom. The van der Waals surface area contributed by atoms with Gasteiger partial charge in [-0.3, -0.25) is 0 Å². The van der Waals surface area contributed by atoms with Gasteiger partial charge in [0.2, 0.25) is 10.0 Å². The van der Waals surface area contributed by atoms with Crippen LogP contribution in [0.3, 0.4) is 0 Å². The highest BCUT2D eigenvalue weighted by Crippen LogP contribution is 2.31. The molecule has 3 nitrogen and oxygen atoms in total. The first-order valence-corrected chi connectivity index (χ1v) is 9.55. The van der Waals surface area contributed by atoms with E-state index in [-0.39, 0.29) is 12.5 Å². The summed E-state index contributed by atoms with van der Waals surface area (Å²) in [7, 11) is -3.95. The van der Waals surface area contributed by atoms with Crippen LogP contribution < -0.4 is 4.72 Å². The maximum atomic E-state index is 13.6. The molecular weight excluding hydrogens is 364 g/mol. The van der Waals surface area contributed by atoms with Crippen molar-refractivity contribution in [2.24, 2.45) is 11.8 Å². The van der Waals surface area contributed by atoms with Gasteiger partial charge in [-0.25, -0.2) is 21.9 Å². The van der Waals surface area contributed by atoms with Crippen LogP contribution in [-0.4, -0.2) is 20.3 Å². The van der Waals surface area contributed by atoms with Crippen molar-refractivity contribution in [3.05, 3.63) is 29.8 Å². The number of hydrogen-bond acceptors (Lipinski definition) is 2. The molecule has 2 unspecified atom stereocenters. The van der Waals surface area contributed by atoms with E-state index in [1.165, 1.54) is 0 Å². The van der Waals surface area contributed by atoms with Crippen molar-refractivity contribution in [3.8, 4) is 0 Å². The van der Waals surface area contributed by atoms with Gasteiger partial charge >= 0.3 is 0 Å². The molecule has 0 heterocycles. The van der Waals surface area contributed by atoms with E-state index in [0.717, 1.165) is 43.1 Å². The molecular formula is C14H18BrF2NO2S. The molecule has 1 aromatic carbocycles. The van der Waals surface area contributed by atoms with Gasteiger partial charge in [0.15, 0.2) is 0 Å². The molecule has 1 fully saturated rings. The summed E-state index contributed by atoms with van der Waals surface area (Å²) < 4.78 is 53.1. The lowest BCUT2D eigenvalue weighted by molar-refractivity contribution is 0.263. The van der Waals surface area contributed by atoms with Crippen molar-refractivity contribution in [1.29, 1.82) is 0 Å². The molecule has 2 atom stereocenters. The van der Waals surface area contributed by atoms with Crippen LogP contribution >= 0.6 is 15.9 Å². The van der Waals surface area contributed by atoms with Gasteiger partial charge in [0, 0.05) is 17.9 Å². The zero-order valence-corrected chi connectivity index (χ0v) is 13.9. The van der Waals surface area contributed by atoms with Crippen molar-refractivity contribution >= 4 is 26.0 Å². The van der Waals surface area contributed by atoms with Crippen molar-refractivity contribution < 1.29 is 17.2 Å². The van der Waals surface area contributed by atoms with Gasteiger partial charge in [-0.05, 0) is 36.8 Å². The second-order valence-electron chi connectivity index (χ2n) is 5.39. The molecule has 118 valence electrons. The van der Waals surface area contributed by atoms with E-state index in [1.54, 1.807) is 0 Å². The minimum Gasteiger partial charge on any atom is -0.211 e. The van der Waals surface area contributed by atoms with E-state index >= 15 is 0 Å². The van der Waals surface area contributed by atoms with Crippen LogP contribution in [-0.2, 0) is 10.0 Å². The van der Waals surface area contributed by atoms with Gasteiger partial charge in [-0.1, -0.05) is 28.8 Å². The molecule has 1 aromatic rings. The number of benzene rings is 1. The molecule has 1 saturated carbocycles. The predicted molar refractivity (Wildman–Crippen MR) is 80.8 cm³/mol. The lowest BCUT2D eigenvalue weighted by atomic mass is 9.80. The number of alkyl halides is 1. The molecule has 0 saturated heterocycles. The van der Waals surface area contributed by atoms with Gasteiger partial charge < -0.3 is 0 Å². The van der Waals surface area contributed by atoms with E-state index in [9.17, 15) is 17.2 Å². The Kier molecular flexibility index (Phi) is 5.73. The first-order valence-electron chi connectivity index (χ1n) is 6.94. The molecule has 1 aliphatic rings. The Morgan fingerprint density at radius 2 is 1.86 bits per heavy atom. The normalized spacial score (nSPS) is 23.2. The Hall–Kier alpha value is -0.530. The highest BCUT2D eigenvalue weighted by atomic mass is 79.9. The quantitative estimate of drug-likeness (QED) is 0.793. The zero-order valence-electron chi connectivity index (χ0n) is 11.5. The van der Waals surface area contributed by atoms with Crippen molar-refractivity contribution in [3.63, 3.8) is 0 Å². The minimum absolute atomic E-state index is 0.247. The van der Waals surface area contributed by atoms with E-state index in [4.69, 9.17) is 0 Å². The fourth-order valence-corrected chi connectivity index (χ4v) is 4.75. The van der Waals surface area contributed by atoms with Crippen LogP contribution in [0, 0.1) is 23.5 Å². The largest absolute Gasteiger partial charge is 0.243 e. The Bertz CT molecular complexity index is 595. The average Bonchev–Trinajstić information content (AvgIpc) is 2.45. The number of rotatable bonds is 5. The van der Waals surface area contributed by atoms with E-state index in [2.05, 4.69) is 20.7 Å². The molecule has 2 rings (SSSR count). The smallest absolute Gasteiger partial charge is 0.211 e. The van der Waals surface area contributed by atoms with Crippen molar-refractivity contribution in [1.82, 2.24) is 4.72 Å². The highest BCUT2D eigenvalue weighted by molar-refractivity contribution is 9.09. The number of sulfonamides is 1. The van der Waals surface area contributed by atoms with Gasteiger partial charge in [-0.15, -0.1) is 0 Å². The van der Waals surface area contributed by atoms with Crippen LogP contribution in [0.4, 0.5) is 8.78 Å².